The van der Waals surface area contributed by atoms with Crippen LogP contribution in [0.5, 0.6) is 0 Å². The molecular weight excluding hydrogens is 318 g/mol. The number of benzene rings is 1. The highest BCUT2D eigenvalue weighted by Gasteiger charge is 2.17. The lowest BCUT2D eigenvalue weighted by Gasteiger charge is -2.18. The highest BCUT2D eigenvalue weighted by atomic mass is 16.5. The summed E-state index contributed by atoms with van der Waals surface area (Å²) in [6.45, 7) is 7.59. The summed E-state index contributed by atoms with van der Waals surface area (Å²) in [6.07, 6.45) is 1.88. The lowest BCUT2D eigenvalue weighted by molar-refractivity contribution is -0.117. The lowest BCUT2D eigenvalue weighted by atomic mass is 10.0. The molecule has 0 radical (unpaired) electrons. The van der Waals surface area contributed by atoms with Gasteiger partial charge in [-0.25, -0.2) is 0 Å². The van der Waals surface area contributed by atoms with Crippen LogP contribution in [0.15, 0.2) is 28.8 Å². The summed E-state index contributed by atoms with van der Waals surface area (Å²) in [4.78, 5) is 25.7. The molecule has 1 aromatic heterocycles. The van der Waals surface area contributed by atoms with Crippen molar-refractivity contribution in [3.63, 3.8) is 0 Å². The van der Waals surface area contributed by atoms with Crippen molar-refractivity contribution in [1.82, 2.24) is 5.16 Å². The third-order valence-electron chi connectivity index (χ3n) is 4.10. The van der Waals surface area contributed by atoms with Crippen molar-refractivity contribution in [3.8, 4) is 0 Å². The van der Waals surface area contributed by atoms with Gasteiger partial charge in [0.2, 0.25) is 11.8 Å². The van der Waals surface area contributed by atoms with E-state index in [1.54, 1.807) is 13.0 Å². The number of anilines is 2. The summed E-state index contributed by atoms with van der Waals surface area (Å²) in [5.74, 6) is 0.752. The Balaban J connectivity index is 2.06. The molecule has 134 valence electrons. The second-order valence-corrected chi connectivity index (χ2v) is 5.92. The van der Waals surface area contributed by atoms with E-state index in [0.717, 1.165) is 29.7 Å². The second-order valence-electron chi connectivity index (χ2n) is 5.92. The molecular formula is C19H25N3O3. The quantitative estimate of drug-likeness (QED) is 0.835. The van der Waals surface area contributed by atoms with Gasteiger partial charge in [0.05, 0.1) is 0 Å². The van der Waals surface area contributed by atoms with Crippen molar-refractivity contribution in [1.29, 1.82) is 0 Å². The zero-order valence-electron chi connectivity index (χ0n) is 15.3. The number of nitrogens with zero attached hydrogens (tertiary/aromatic N) is 2. The predicted octanol–water partition coefficient (Wildman–Crippen LogP) is 3.49. The molecule has 0 saturated heterocycles. The summed E-state index contributed by atoms with van der Waals surface area (Å²) < 4.78 is 5.01. The maximum absolute atomic E-state index is 12.4. The standard InChI is InChI=1S/C19H25N3O3/c1-5-15-8-7-9-16(6-2)19(15)20-18(24)10-11-22(14(4)23)17-12-13(3)25-21-17/h7-9,12H,5-6,10-11H2,1-4H3,(H,20,24). The van der Waals surface area contributed by atoms with Crippen LogP contribution in [-0.2, 0) is 22.4 Å². The maximum atomic E-state index is 12.4. The van der Waals surface area contributed by atoms with Gasteiger partial charge in [0, 0.05) is 31.6 Å². The SMILES string of the molecule is CCc1cccc(CC)c1NC(=O)CCN(C(C)=O)c1cc(C)on1. The topological polar surface area (TPSA) is 75.4 Å². The molecule has 1 heterocycles. The Morgan fingerprint density at radius 3 is 2.32 bits per heavy atom. The van der Waals surface area contributed by atoms with Gasteiger partial charge in [-0.1, -0.05) is 37.2 Å². The molecule has 1 N–H and O–H groups in total. The second kappa shape index (κ2) is 8.46. The molecule has 2 aromatic rings. The fraction of sp³-hybridized carbons (Fsp3) is 0.421. The van der Waals surface area contributed by atoms with E-state index in [-0.39, 0.29) is 24.8 Å². The molecule has 0 aliphatic rings. The number of hydrogen-bond donors (Lipinski definition) is 1. The van der Waals surface area contributed by atoms with Gasteiger partial charge in [0.25, 0.3) is 0 Å². The Kier molecular flexibility index (Phi) is 6.33. The molecule has 0 aliphatic heterocycles. The fourth-order valence-corrected chi connectivity index (χ4v) is 2.73. The van der Waals surface area contributed by atoms with Crippen molar-refractivity contribution < 1.29 is 14.1 Å². The minimum atomic E-state index is -0.177. The molecule has 0 saturated carbocycles. The minimum Gasteiger partial charge on any atom is -0.360 e. The first-order valence-corrected chi connectivity index (χ1v) is 8.58. The molecule has 6 heteroatoms. The highest BCUT2D eigenvalue weighted by molar-refractivity contribution is 5.95. The zero-order chi connectivity index (χ0) is 18.4. The van der Waals surface area contributed by atoms with Gasteiger partial charge in [-0.2, -0.15) is 0 Å². The van der Waals surface area contributed by atoms with Gasteiger partial charge in [-0.05, 0) is 30.9 Å². The van der Waals surface area contributed by atoms with Crippen LogP contribution in [0, 0.1) is 6.92 Å². The molecule has 6 nitrogen and oxygen atoms in total. The number of rotatable bonds is 7. The van der Waals surface area contributed by atoms with Crippen LogP contribution < -0.4 is 10.2 Å². The number of carbonyl (C=O) groups is 2. The summed E-state index contributed by atoms with van der Waals surface area (Å²) in [6, 6.07) is 7.74. The van der Waals surface area contributed by atoms with E-state index in [0.29, 0.717) is 11.6 Å². The number of aromatic nitrogens is 1. The average Bonchev–Trinajstić information content (AvgIpc) is 3.01. The van der Waals surface area contributed by atoms with Crippen LogP contribution in [0.2, 0.25) is 0 Å². The van der Waals surface area contributed by atoms with Gasteiger partial charge in [0.15, 0.2) is 5.82 Å². The van der Waals surface area contributed by atoms with Crippen molar-refractivity contribution in [2.24, 2.45) is 0 Å². The molecule has 25 heavy (non-hydrogen) atoms. The number of aryl methyl sites for hydroxylation is 3. The van der Waals surface area contributed by atoms with Crippen LogP contribution in [0.25, 0.3) is 0 Å². The van der Waals surface area contributed by atoms with Crippen LogP contribution >= 0.6 is 0 Å². The molecule has 1 aromatic carbocycles. The van der Waals surface area contributed by atoms with Crippen molar-refractivity contribution >= 4 is 23.3 Å². The molecule has 2 amide bonds. The van der Waals surface area contributed by atoms with E-state index in [1.165, 1.54) is 11.8 Å². The third kappa shape index (κ3) is 4.68. The molecule has 2 rings (SSSR count). The number of amides is 2. The fourth-order valence-electron chi connectivity index (χ4n) is 2.73. The van der Waals surface area contributed by atoms with Gasteiger partial charge >= 0.3 is 0 Å². The van der Waals surface area contributed by atoms with E-state index in [9.17, 15) is 9.59 Å². The third-order valence-corrected chi connectivity index (χ3v) is 4.10. The first-order valence-electron chi connectivity index (χ1n) is 8.58. The van der Waals surface area contributed by atoms with Gasteiger partial charge in [0.1, 0.15) is 5.76 Å². The van der Waals surface area contributed by atoms with Crippen LogP contribution in [0.4, 0.5) is 11.5 Å². The van der Waals surface area contributed by atoms with Gasteiger partial charge in [-0.15, -0.1) is 0 Å². The Bertz CT molecular complexity index is 730. The van der Waals surface area contributed by atoms with E-state index in [1.807, 2.05) is 18.2 Å². The molecule has 0 spiro atoms. The maximum Gasteiger partial charge on any atom is 0.226 e. The largest absolute Gasteiger partial charge is 0.360 e. The van der Waals surface area contributed by atoms with E-state index < -0.39 is 0 Å². The monoisotopic (exact) mass is 343 g/mol. The average molecular weight is 343 g/mol. The summed E-state index contributed by atoms with van der Waals surface area (Å²) in [7, 11) is 0. The van der Waals surface area contributed by atoms with E-state index in [2.05, 4.69) is 24.3 Å². The van der Waals surface area contributed by atoms with Crippen molar-refractivity contribution in [3.05, 3.63) is 41.2 Å². The summed E-state index contributed by atoms with van der Waals surface area (Å²) in [5, 5.41) is 6.86. The molecule has 0 aliphatic carbocycles. The first kappa shape index (κ1) is 18.7. The molecule has 0 unspecified atom stereocenters. The summed E-state index contributed by atoms with van der Waals surface area (Å²) >= 11 is 0. The molecule has 0 bridgehead atoms. The van der Waals surface area contributed by atoms with Crippen LogP contribution in [-0.4, -0.2) is 23.5 Å². The van der Waals surface area contributed by atoms with E-state index in [4.69, 9.17) is 4.52 Å². The van der Waals surface area contributed by atoms with Gasteiger partial charge in [-0.3, -0.25) is 14.5 Å². The Hall–Kier alpha value is -2.63. The normalized spacial score (nSPS) is 10.6. The number of para-hydroxylation sites is 1. The van der Waals surface area contributed by atoms with E-state index >= 15 is 0 Å². The predicted molar refractivity (Wildman–Crippen MR) is 97.7 cm³/mol. The van der Waals surface area contributed by atoms with Crippen LogP contribution in [0.3, 0.4) is 0 Å². The van der Waals surface area contributed by atoms with Gasteiger partial charge < -0.3 is 9.84 Å². The number of hydrogen-bond acceptors (Lipinski definition) is 4. The zero-order valence-corrected chi connectivity index (χ0v) is 15.3. The lowest BCUT2D eigenvalue weighted by Crippen LogP contribution is -2.32. The van der Waals surface area contributed by atoms with Crippen molar-refractivity contribution in [2.45, 2.75) is 47.0 Å². The Labute approximate surface area is 148 Å². The Morgan fingerprint density at radius 2 is 1.84 bits per heavy atom. The Morgan fingerprint density at radius 1 is 1.20 bits per heavy atom. The minimum absolute atomic E-state index is 0.123. The first-order chi connectivity index (χ1) is 12.0. The molecule has 0 atom stereocenters. The number of carbonyl (C=O) groups excluding carboxylic acids is 2. The number of nitrogens with one attached hydrogen (secondary N) is 1. The smallest absolute Gasteiger partial charge is 0.226 e. The molecule has 0 fully saturated rings. The van der Waals surface area contributed by atoms with Crippen LogP contribution in [0.1, 0.15) is 44.1 Å². The van der Waals surface area contributed by atoms with Crippen molar-refractivity contribution in [2.75, 3.05) is 16.8 Å². The highest BCUT2D eigenvalue weighted by Crippen LogP contribution is 2.23. The summed E-state index contributed by atoms with van der Waals surface area (Å²) in [5.41, 5.74) is 3.12.